The number of rotatable bonds is 3. The van der Waals surface area contributed by atoms with E-state index in [-0.39, 0.29) is 0 Å². The molecular formula is C14H30Si2. The number of hydrogen-bond acceptors (Lipinski definition) is 0. The molecule has 16 heavy (non-hydrogen) atoms. The fourth-order valence-electron chi connectivity index (χ4n) is 2.75. The van der Waals surface area contributed by atoms with Crippen LogP contribution in [0.15, 0.2) is 21.5 Å². The van der Waals surface area contributed by atoms with Gasteiger partial charge in [-0.15, -0.1) is 0 Å². The van der Waals surface area contributed by atoms with Gasteiger partial charge in [-0.1, -0.05) is 60.8 Å². The van der Waals surface area contributed by atoms with Crippen LogP contribution >= 0.6 is 0 Å². The first-order valence-corrected chi connectivity index (χ1v) is 13.2. The van der Waals surface area contributed by atoms with Gasteiger partial charge in [0.25, 0.3) is 0 Å². The molecule has 0 spiro atoms. The zero-order valence-electron chi connectivity index (χ0n) is 13.0. The molecule has 0 N–H and O–H groups in total. The van der Waals surface area contributed by atoms with Gasteiger partial charge in [0.05, 0.1) is 16.1 Å². The Morgan fingerprint density at radius 3 is 0.750 bits per heavy atom. The van der Waals surface area contributed by atoms with Gasteiger partial charge < -0.3 is 0 Å². The zero-order chi connectivity index (χ0) is 13.3. The highest BCUT2D eigenvalue weighted by molar-refractivity contribution is 6.92. The van der Waals surface area contributed by atoms with Gasteiger partial charge in [0.2, 0.25) is 0 Å². The lowest BCUT2D eigenvalue weighted by atomic mass is 10.2. The standard InChI is InChI=1S/C14H30Si2/c1-11(2)13(15(5,6)7)14(12(3)4)16(8,9)10/h1-10H3. The molecule has 0 nitrogen and oxygen atoms in total. The lowest BCUT2D eigenvalue weighted by Crippen LogP contribution is -2.36. The van der Waals surface area contributed by atoms with Gasteiger partial charge >= 0.3 is 0 Å². The summed E-state index contributed by atoms with van der Waals surface area (Å²) >= 11 is 0. The maximum absolute atomic E-state index is 2.47. The van der Waals surface area contributed by atoms with E-state index in [1.807, 2.05) is 0 Å². The highest BCUT2D eigenvalue weighted by atomic mass is 28.3. The third kappa shape index (κ3) is 4.06. The van der Waals surface area contributed by atoms with Crippen LogP contribution in [-0.2, 0) is 0 Å². The van der Waals surface area contributed by atoms with Gasteiger partial charge in [-0.05, 0) is 27.7 Å². The van der Waals surface area contributed by atoms with Crippen molar-refractivity contribution in [3.63, 3.8) is 0 Å². The van der Waals surface area contributed by atoms with Crippen LogP contribution in [0.5, 0.6) is 0 Å². The Balaban J connectivity index is 5.95. The van der Waals surface area contributed by atoms with Crippen LogP contribution < -0.4 is 0 Å². The molecule has 94 valence electrons. The van der Waals surface area contributed by atoms with Crippen molar-refractivity contribution >= 4 is 16.1 Å². The van der Waals surface area contributed by atoms with E-state index in [9.17, 15) is 0 Å². The van der Waals surface area contributed by atoms with Crippen molar-refractivity contribution in [3.05, 3.63) is 21.5 Å². The van der Waals surface area contributed by atoms with Crippen molar-refractivity contribution in [1.29, 1.82) is 0 Å². The summed E-state index contributed by atoms with van der Waals surface area (Å²) in [6.45, 7) is 24.0. The summed E-state index contributed by atoms with van der Waals surface area (Å²) in [4.78, 5) is 0. The van der Waals surface area contributed by atoms with Gasteiger partial charge in [-0.2, -0.15) is 0 Å². The summed E-state index contributed by atoms with van der Waals surface area (Å²) < 4.78 is 0. The summed E-state index contributed by atoms with van der Waals surface area (Å²) in [5.41, 5.74) is 3.08. The molecule has 0 amide bonds. The highest BCUT2D eigenvalue weighted by Crippen LogP contribution is 2.34. The molecule has 2 heteroatoms. The molecule has 0 bridgehead atoms. The van der Waals surface area contributed by atoms with E-state index in [2.05, 4.69) is 67.0 Å². The van der Waals surface area contributed by atoms with Crippen LogP contribution in [-0.4, -0.2) is 16.1 Å². The second-order valence-electron chi connectivity index (χ2n) is 7.25. The molecule has 0 aliphatic carbocycles. The van der Waals surface area contributed by atoms with Crippen molar-refractivity contribution in [1.82, 2.24) is 0 Å². The summed E-state index contributed by atoms with van der Waals surface area (Å²) in [5.74, 6) is 0. The van der Waals surface area contributed by atoms with Crippen molar-refractivity contribution < 1.29 is 0 Å². The first-order chi connectivity index (χ1) is 6.89. The quantitative estimate of drug-likeness (QED) is 0.466. The Morgan fingerprint density at radius 2 is 0.688 bits per heavy atom. The Kier molecular flexibility index (Phi) is 5.02. The fraction of sp³-hybridized carbons (Fsp3) is 0.714. The van der Waals surface area contributed by atoms with Gasteiger partial charge in [0.1, 0.15) is 0 Å². The maximum Gasteiger partial charge on any atom is 0.0773 e. The Bertz CT molecular complexity index is 278. The SMILES string of the molecule is CC(C)=C(C(=C(C)C)[Si](C)(C)C)[Si](C)(C)C. The molecule has 0 aromatic carbocycles. The van der Waals surface area contributed by atoms with Gasteiger partial charge in [0, 0.05) is 0 Å². The molecule has 0 aliphatic rings. The van der Waals surface area contributed by atoms with Crippen LogP contribution in [0.1, 0.15) is 27.7 Å². The fourth-order valence-corrected chi connectivity index (χ4v) is 10.0. The molecular weight excluding hydrogens is 224 g/mol. The maximum atomic E-state index is 2.47. The van der Waals surface area contributed by atoms with Crippen molar-refractivity contribution in [2.45, 2.75) is 67.0 Å². The third-order valence-corrected chi connectivity index (χ3v) is 7.50. The Morgan fingerprint density at radius 1 is 0.500 bits per heavy atom. The first-order valence-electron chi connectivity index (χ1n) is 6.25. The highest BCUT2D eigenvalue weighted by Gasteiger charge is 2.31. The van der Waals surface area contributed by atoms with E-state index < -0.39 is 16.1 Å². The smallest absolute Gasteiger partial charge is 0.0773 e. The molecule has 0 fully saturated rings. The first kappa shape index (κ1) is 15.9. The summed E-state index contributed by atoms with van der Waals surface area (Å²) in [5, 5.41) is 3.46. The van der Waals surface area contributed by atoms with Crippen molar-refractivity contribution in [2.75, 3.05) is 0 Å². The number of hydrogen-bond donors (Lipinski definition) is 0. The molecule has 0 radical (unpaired) electrons. The molecule has 0 aliphatic heterocycles. The molecule has 0 atom stereocenters. The largest absolute Gasteiger partial charge is 0.0773 e. The van der Waals surface area contributed by atoms with E-state index in [0.717, 1.165) is 0 Å². The predicted molar refractivity (Wildman–Crippen MR) is 83.4 cm³/mol. The minimum absolute atomic E-state index is 1.23. The van der Waals surface area contributed by atoms with E-state index in [0.29, 0.717) is 0 Å². The molecule has 0 saturated carbocycles. The van der Waals surface area contributed by atoms with Crippen LogP contribution in [0.3, 0.4) is 0 Å². The molecule has 0 heterocycles. The van der Waals surface area contributed by atoms with Crippen LogP contribution in [0.4, 0.5) is 0 Å². The molecule has 0 aromatic rings. The molecule has 0 rings (SSSR count). The van der Waals surface area contributed by atoms with E-state index in [1.54, 1.807) is 10.4 Å². The summed E-state index contributed by atoms with van der Waals surface area (Å²) in [6.07, 6.45) is 0. The van der Waals surface area contributed by atoms with E-state index in [4.69, 9.17) is 0 Å². The molecule has 0 unspecified atom stereocenters. The zero-order valence-corrected chi connectivity index (χ0v) is 15.0. The van der Waals surface area contributed by atoms with Gasteiger partial charge in [0.15, 0.2) is 0 Å². The number of allylic oxidation sites excluding steroid dienone is 4. The lowest BCUT2D eigenvalue weighted by molar-refractivity contribution is 1.27. The molecule has 0 saturated heterocycles. The predicted octanol–water partition coefficient (Wildman–Crippen LogP) is 5.41. The normalized spacial score (nSPS) is 12.4. The third-order valence-electron chi connectivity index (χ3n) is 2.75. The minimum Gasteiger partial charge on any atom is -0.0773 e. The second kappa shape index (κ2) is 5.05. The Labute approximate surface area is 105 Å². The second-order valence-corrected chi connectivity index (χ2v) is 17.2. The average Bonchev–Trinajstić information content (AvgIpc) is 1.92. The average molecular weight is 255 g/mol. The monoisotopic (exact) mass is 254 g/mol. The van der Waals surface area contributed by atoms with Crippen LogP contribution in [0.2, 0.25) is 39.3 Å². The molecule has 0 aromatic heterocycles. The van der Waals surface area contributed by atoms with Crippen molar-refractivity contribution in [2.24, 2.45) is 0 Å². The van der Waals surface area contributed by atoms with E-state index >= 15 is 0 Å². The summed E-state index contributed by atoms with van der Waals surface area (Å²) in [6, 6.07) is 0. The van der Waals surface area contributed by atoms with E-state index in [1.165, 1.54) is 11.1 Å². The summed E-state index contributed by atoms with van der Waals surface area (Å²) in [7, 11) is -2.46. The Hall–Kier alpha value is -0.0862. The van der Waals surface area contributed by atoms with Crippen LogP contribution in [0.25, 0.3) is 0 Å². The lowest BCUT2D eigenvalue weighted by Gasteiger charge is -2.34. The van der Waals surface area contributed by atoms with Gasteiger partial charge in [-0.25, -0.2) is 0 Å². The topological polar surface area (TPSA) is 0 Å². The van der Waals surface area contributed by atoms with Crippen molar-refractivity contribution in [3.8, 4) is 0 Å². The minimum atomic E-state index is -1.23. The van der Waals surface area contributed by atoms with Crippen LogP contribution in [0, 0.1) is 0 Å². The van der Waals surface area contributed by atoms with Gasteiger partial charge in [-0.3, -0.25) is 0 Å².